The Balaban J connectivity index is 0.987. The minimum Gasteiger partial charge on any atom is -0.457 e. The molecule has 3 aliphatic heterocycles. The molecular weight excluding hydrogens is 729 g/mol. The van der Waals surface area contributed by atoms with E-state index in [1.807, 2.05) is 17.8 Å². The van der Waals surface area contributed by atoms with E-state index in [9.17, 15) is 0 Å². The Labute approximate surface area is 339 Å². The molecule has 0 bridgehead atoms. The molecule has 13 rings (SSSR count). The number of ether oxygens (including phenoxy) is 1. The van der Waals surface area contributed by atoms with Gasteiger partial charge >= 0.3 is 0 Å². The number of rotatable bonds is 3. The van der Waals surface area contributed by atoms with Crippen LogP contribution >= 0.6 is 11.8 Å². The van der Waals surface area contributed by atoms with Crippen LogP contribution in [0, 0.1) is 0 Å². The molecule has 4 aliphatic rings. The lowest BCUT2D eigenvalue weighted by molar-refractivity contribution is 0.436. The monoisotopic (exact) mass is 760 g/mol. The van der Waals surface area contributed by atoms with Gasteiger partial charge in [-0.25, -0.2) is 4.99 Å². The highest BCUT2D eigenvalue weighted by atomic mass is 32.2. The Kier molecular flexibility index (Phi) is 6.67. The molecule has 1 spiro atoms. The van der Waals surface area contributed by atoms with Crippen molar-refractivity contribution in [1.29, 1.82) is 0 Å². The molecular formula is C53H32N2O2S. The minimum absolute atomic E-state index is 0.0492. The van der Waals surface area contributed by atoms with Crippen LogP contribution in [-0.4, -0.2) is 16.8 Å². The van der Waals surface area contributed by atoms with Gasteiger partial charge < -0.3 is 9.15 Å². The van der Waals surface area contributed by atoms with Gasteiger partial charge in [0.15, 0.2) is 5.84 Å². The quantitative estimate of drug-likeness (QED) is 0.180. The van der Waals surface area contributed by atoms with Crippen molar-refractivity contribution in [2.45, 2.75) is 21.6 Å². The smallest absolute Gasteiger partial charge is 0.155 e. The van der Waals surface area contributed by atoms with E-state index in [4.69, 9.17) is 19.1 Å². The number of aliphatic imine (C=N–C) groups is 2. The van der Waals surface area contributed by atoms with Crippen LogP contribution in [-0.2, 0) is 5.41 Å². The third-order valence-corrected chi connectivity index (χ3v) is 13.9. The van der Waals surface area contributed by atoms with Crippen LogP contribution in [0.2, 0.25) is 0 Å². The molecule has 2 atom stereocenters. The molecule has 1 aliphatic carbocycles. The van der Waals surface area contributed by atoms with Gasteiger partial charge in [-0.1, -0.05) is 140 Å². The number of hydrogen-bond donors (Lipinski definition) is 0. The second-order valence-electron chi connectivity index (χ2n) is 15.5. The number of amidine groups is 1. The summed E-state index contributed by atoms with van der Waals surface area (Å²) in [6.45, 7) is 0. The van der Waals surface area contributed by atoms with Crippen LogP contribution in [0.4, 0.5) is 0 Å². The molecule has 5 heteroatoms. The summed E-state index contributed by atoms with van der Waals surface area (Å²) in [5, 5.41) is 2.25. The SMILES string of the molecule is c1ccc(C2=NC(c3cccc4oc5ccc(-c6ccc7c(c6)-c6ccccc6C76c7ccccc7Oc7ccccc76)cc5c34)C3Sc4ccccc4C3=N2)cc1. The van der Waals surface area contributed by atoms with Crippen molar-refractivity contribution in [2.75, 3.05) is 0 Å². The Bertz CT molecular complexity index is 3220. The highest BCUT2D eigenvalue weighted by Crippen LogP contribution is 2.62. The van der Waals surface area contributed by atoms with Crippen LogP contribution in [0.3, 0.4) is 0 Å². The molecule has 4 heterocycles. The summed E-state index contributed by atoms with van der Waals surface area (Å²) in [5.74, 6) is 2.57. The van der Waals surface area contributed by atoms with Crippen molar-refractivity contribution in [3.8, 4) is 33.8 Å². The van der Waals surface area contributed by atoms with Crippen LogP contribution in [0.15, 0.2) is 201 Å². The summed E-state index contributed by atoms with van der Waals surface area (Å²) in [4.78, 5) is 11.9. The van der Waals surface area contributed by atoms with Gasteiger partial charge in [0.25, 0.3) is 0 Å². The Hall–Kier alpha value is -6.95. The fourth-order valence-corrected chi connectivity index (χ4v) is 11.4. The predicted octanol–water partition coefficient (Wildman–Crippen LogP) is 13.2. The van der Waals surface area contributed by atoms with Gasteiger partial charge in [-0.15, -0.1) is 11.8 Å². The zero-order valence-electron chi connectivity index (χ0n) is 31.1. The fourth-order valence-electron chi connectivity index (χ4n) is 10.1. The van der Waals surface area contributed by atoms with Crippen molar-refractivity contribution in [3.05, 3.63) is 221 Å². The lowest BCUT2D eigenvalue weighted by Gasteiger charge is -2.39. The first kappa shape index (κ1) is 32.2. The van der Waals surface area contributed by atoms with Crippen molar-refractivity contribution < 1.29 is 9.15 Å². The molecule has 0 amide bonds. The van der Waals surface area contributed by atoms with Gasteiger partial charge in [-0.3, -0.25) is 4.99 Å². The average molecular weight is 761 g/mol. The van der Waals surface area contributed by atoms with Gasteiger partial charge in [0.05, 0.1) is 22.4 Å². The lowest BCUT2D eigenvalue weighted by Crippen LogP contribution is -2.32. The van der Waals surface area contributed by atoms with Crippen molar-refractivity contribution in [1.82, 2.24) is 0 Å². The summed E-state index contributed by atoms with van der Waals surface area (Å²) >= 11 is 1.87. The average Bonchev–Trinajstić information content (AvgIpc) is 3.95. The third-order valence-electron chi connectivity index (χ3n) is 12.5. The van der Waals surface area contributed by atoms with E-state index in [-0.39, 0.29) is 11.3 Å². The summed E-state index contributed by atoms with van der Waals surface area (Å²) in [5.41, 5.74) is 15.4. The first-order chi connectivity index (χ1) is 28.7. The van der Waals surface area contributed by atoms with Crippen LogP contribution in [0.25, 0.3) is 44.2 Å². The Morgan fingerprint density at radius 1 is 0.500 bits per heavy atom. The van der Waals surface area contributed by atoms with E-state index in [0.29, 0.717) is 0 Å². The minimum atomic E-state index is -0.491. The normalized spacial score (nSPS) is 17.7. The number of benzene rings is 8. The van der Waals surface area contributed by atoms with Gasteiger partial charge in [0.2, 0.25) is 0 Å². The van der Waals surface area contributed by atoms with E-state index in [2.05, 4.69) is 176 Å². The second-order valence-corrected chi connectivity index (χ2v) is 16.7. The summed E-state index contributed by atoms with van der Waals surface area (Å²) in [7, 11) is 0. The Morgan fingerprint density at radius 3 is 2.00 bits per heavy atom. The lowest BCUT2D eigenvalue weighted by atomic mass is 9.66. The molecule has 8 aromatic carbocycles. The van der Waals surface area contributed by atoms with E-state index in [1.54, 1.807) is 0 Å². The number of furan rings is 1. The van der Waals surface area contributed by atoms with Crippen LogP contribution < -0.4 is 4.74 Å². The zero-order chi connectivity index (χ0) is 38.0. The maximum atomic E-state index is 6.62. The zero-order valence-corrected chi connectivity index (χ0v) is 31.9. The highest BCUT2D eigenvalue weighted by molar-refractivity contribution is 8.01. The van der Waals surface area contributed by atoms with Crippen LogP contribution in [0.1, 0.15) is 45.0 Å². The summed E-state index contributed by atoms with van der Waals surface area (Å²) in [6, 6.07) is 64.9. The number of fused-ring (bicyclic) bond motifs is 15. The number of nitrogens with zero attached hydrogens (tertiary/aromatic N) is 2. The van der Waals surface area contributed by atoms with E-state index in [1.165, 1.54) is 43.8 Å². The van der Waals surface area contributed by atoms with Gasteiger partial charge in [-0.05, 0) is 81.4 Å². The molecule has 58 heavy (non-hydrogen) atoms. The van der Waals surface area contributed by atoms with Gasteiger partial charge in [-0.2, -0.15) is 0 Å². The summed E-state index contributed by atoms with van der Waals surface area (Å²) < 4.78 is 13.2. The molecule has 0 radical (unpaired) electrons. The number of hydrogen-bond acceptors (Lipinski definition) is 5. The number of para-hydroxylation sites is 2. The van der Waals surface area contributed by atoms with Crippen LogP contribution in [0.5, 0.6) is 11.5 Å². The first-order valence-electron chi connectivity index (χ1n) is 19.8. The van der Waals surface area contributed by atoms with E-state index < -0.39 is 5.41 Å². The third kappa shape index (κ3) is 4.37. The van der Waals surface area contributed by atoms with Crippen molar-refractivity contribution in [3.63, 3.8) is 0 Å². The van der Waals surface area contributed by atoms with E-state index >= 15 is 0 Å². The summed E-state index contributed by atoms with van der Waals surface area (Å²) in [6.07, 6.45) is 0. The standard InChI is InChI=1S/C53H32N2O2S/c1-2-13-31(14-3-1)52-54-49-35-16-5-11-24-47(35)58-51(49)50(55-52)36-17-12-23-46-48(36)38-30-33(26-28-43(38)56-46)32-25-27-40-37(29-32)34-15-4-6-18-39(34)53(40)41-19-7-9-21-44(41)57-45-22-10-8-20-42(45)53/h1-30,50-51H. The predicted molar refractivity (Wildman–Crippen MR) is 235 cm³/mol. The number of thioether (sulfide) groups is 1. The largest absolute Gasteiger partial charge is 0.457 e. The fraction of sp³-hybridized carbons (Fsp3) is 0.0566. The molecule has 0 N–H and O–H groups in total. The Morgan fingerprint density at radius 2 is 1.17 bits per heavy atom. The molecule has 0 saturated heterocycles. The molecule has 2 unspecified atom stereocenters. The van der Waals surface area contributed by atoms with E-state index in [0.717, 1.165) is 67.2 Å². The molecule has 4 nitrogen and oxygen atoms in total. The second kappa shape index (κ2) is 12.0. The van der Waals surface area contributed by atoms with Gasteiger partial charge in [0, 0.05) is 37.9 Å². The highest BCUT2D eigenvalue weighted by Gasteiger charge is 2.51. The molecule has 0 fully saturated rings. The maximum absolute atomic E-state index is 6.62. The first-order valence-corrected chi connectivity index (χ1v) is 20.7. The molecule has 1 aromatic heterocycles. The van der Waals surface area contributed by atoms with Crippen molar-refractivity contribution >= 4 is 45.2 Å². The molecule has 9 aromatic rings. The molecule has 0 saturated carbocycles. The van der Waals surface area contributed by atoms with Gasteiger partial charge in [0.1, 0.15) is 22.7 Å². The topological polar surface area (TPSA) is 47.1 Å². The maximum Gasteiger partial charge on any atom is 0.155 e. The van der Waals surface area contributed by atoms with Crippen molar-refractivity contribution in [2.24, 2.45) is 9.98 Å². The molecule has 272 valence electrons.